The smallest absolute Gasteiger partial charge is 0.251 e. The molecule has 0 aromatic heterocycles. The first kappa shape index (κ1) is 19.1. The van der Waals surface area contributed by atoms with Crippen molar-refractivity contribution < 1.29 is 13.6 Å². The van der Waals surface area contributed by atoms with Crippen LogP contribution in [0.25, 0.3) is 0 Å². The van der Waals surface area contributed by atoms with Gasteiger partial charge in [0, 0.05) is 30.8 Å². The van der Waals surface area contributed by atoms with Crippen LogP contribution in [0.15, 0.2) is 42.5 Å². The van der Waals surface area contributed by atoms with E-state index in [4.69, 9.17) is 0 Å². The van der Waals surface area contributed by atoms with Gasteiger partial charge in [-0.15, -0.1) is 0 Å². The maximum absolute atomic E-state index is 13.2. The first-order valence-corrected chi connectivity index (χ1v) is 8.45. The summed E-state index contributed by atoms with van der Waals surface area (Å²) in [5, 5.41) is 2.68. The molecule has 0 atom stereocenters. The summed E-state index contributed by atoms with van der Waals surface area (Å²) in [6.45, 7) is 8.30. The van der Waals surface area contributed by atoms with Crippen molar-refractivity contribution in [2.75, 3.05) is 6.54 Å². The minimum Gasteiger partial charge on any atom is -0.348 e. The van der Waals surface area contributed by atoms with Gasteiger partial charge in [0.1, 0.15) is 11.6 Å². The first-order valence-electron chi connectivity index (χ1n) is 8.45. The summed E-state index contributed by atoms with van der Waals surface area (Å²) in [7, 11) is 0. The van der Waals surface area contributed by atoms with Gasteiger partial charge in [0.2, 0.25) is 0 Å². The van der Waals surface area contributed by atoms with Gasteiger partial charge in [-0.05, 0) is 55.8 Å². The lowest BCUT2D eigenvalue weighted by atomic mass is 10.1. The Balaban J connectivity index is 1.95. The lowest BCUT2D eigenvalue weighted by Crippen LogP contribution is -2.30. The van der Waals surface area contributed by atoms with E-state index < -0.39 is 11.6 Å². The van der Waals surface area contributed by atoms with E-state index in [1.165, 1.54) is 12.1 Å². The van der Waals surface area contributed by atoms with E-state index in [0.29, 0.717) is 17.2 Å². The Bertz CT molecular complexity index is 694. The van der Waals surface area contributed by atoms with Crippen LogP contribution in [0.4, 0.5) is 8.78 Å². The summed E-state index contributed by atoms with van der Waals surface area (Å²) in [6.07, 6.45) is 0. The molecule has 0 aliphatic heterocycles. The number of hydrogen-bond acceptors (Lipinski definition) is 2. The van der Waals surface area contributed by atoms with Crippen LogP contribution in [0.1, 0.15) is 42.3 Å². The number of nitrogens with one attached hydrogen (secondary N) is 1. The number of carbonyl (C=O) groups is 1. The zero-order chi connectivity index (χ0) is 18.4. The highest BCUT2D eigenvalue weighted by molar-refractivity contribution is 5.94. The third-order valence-electron chi connectivity index (χ3n) is 4.11. The minimum atomic E-state index is -0.653. The fraction of sp³-hybridized carbons (Fsp3) is 0.350. The van der Waals surface area contributed by atoms with Crippen LogP contribution >= 0.6 is 0 Å². The highest BCUT2D eigenvalue weighted by atomic mass is 19.1. The first-order chi connectivity index (χ1) is 11.9. The standard InChI is InChI=1S/C20H24F2N2O/c1-4-24(14(2)3)13-15-5-7-17(8-6-15)20(25)23-12-16-9-18(21)11-19(22)10-16/h5-11,14H,4,12-13H2,1-3H3,(H,23,25). The quantitative estimate of drug-likeness (QED) is 0.818. The summed E-state index contributed by atoms with van der Waals surface area (Å²) >= 11 is 0. The summed E-state index contributed by atoms with van der Waals surface area (Å²) in [6, 6.07) is 11.1. The molecule has 0 aliphatic carbocycles. The van der Waals surface area contributed by atoms with Gasteiger partial charge >= 0.3 is 0 Å². The molecular weight excluding hydrogens is 322 g/mol. The average molecular weight is 346 g/mol. The molecule has 134 valence electrons. The fourth-order valence-electron chi connectivity index (χ4n) is 2.65. The average Bonchev–Trinajstić information content (AvgIpc) is 2.57. The molecule has 3 nitrogen and oxygen atoms in total. The molecular formula is C20H24F2N2O. The third-order valence-corrected chi connectivity index (χ3v) is 4.11. The molecule has 25 heavy (non-hydrogen) atoms. The number of rotatable bonds is 7. The molecule has 0 bridgehead atoms. The molecule has 1 amide bonds. The maximum atomic E-state index is 13.2. The lowest BCUT2D eigenvalue weighted by molar-refractivity contribution is 0.0950. The van der Waals surface area contributed by atoms with Crippen LogP contribution in [0.2, 0.25) is 0 Å². The van der Waals surface area contributed by atoms with Crippen molar-refractivity contribution >= 4 is 5.91 Å². The van der Waals surface area contributed by atoms with Gasteiger partial charge in [0.15, 0.2) is 0 Å². The van der Waals surface area contributed by atoms with Crippen LogP contribution in [0.3, 0.4) is 0 Å². The van der Waals surface area contributed by atoms with E-state index in [1.807, 2.05) is 12.1 Å². The number of hydrogen-bond donors (Lipinski definition) is 1. The minimum absolute atomic E-state index is 0.0756. The van der Waals surface area contributed by atoms with Crippen LogP contribution < -0.4 is 5.32 Å². The molecule has 0 spiro atoms. The summed E-state index contributed by atoms with van der Waals surface area (Å²) < 4.78 is 26.3. The SMILES string of the molecule is CCN(Cc1ccc(C(=O)NCc2cc(F)cc(F)c2)cc1)C(C)C. The normalized spacial score (nSPS) is 11.2. The van der Waals surface area contributed by atoms with Crippen molar-refractivity contribution in [1.82, 2.24) is 10.2 Å². The molecule has 0 aliphatic rings. The molecule has 0 heterocycles. The lowest BCUT2D eigenvalue weighted by Gasteiger charge is -2.24. The summed E-state index contributed by atoms with van der Waals surface area (Å²) in [4.78, 5) is 14.5. The molecule has 2 aromatic rings. The highest BCUT2D eigenvalue weighted by Crippen LogP contribution is 2.11. The van der Waals surface area contributed by atoms with Gasteiger partial charge in [-0.2, -0.15) is 0 Å². The van der Waals surface area contributed by atoms with Crippen molar-refractivity contribution in [3.8, 4) is 0 Å². The second-order valence-corrected chi connectivity index (χ2v) is 6.31. The fourth-order valence-corrected chi connectivity index (χ4v) is 2.65. The van der Waals surface area contributed by atoms with E-state index in [2.05, 4.69) is 31.0 Å². The van der Waals surface area contributed by atoms with Crippen LogP contribution in [0.5, 0.6) is 0 Å². The third kappa shape index (κ3) is 5.64. The van der Waals surface area contributed by atoms with E-state index in [0.717, 1.165) is 24.7 Å². The van der Waals surface area contributed by atoms with Crippen molar-refractivity contribution in [2.24, 2.45) is 0 Å². The summed E-state index contributed by atoms with van der Waals surface area (Å²) in [5.41, 5.74) is 2.05. The maximum Gasteiger partial charge on any atom is 0.251 e. The number of halogens is 2. The molecule has 2 rings (SSSR count). The van der Waals surface area contributed by atoms with Crippen molar-refractivity contribution in [3.63, 3.8) is 0 Å². The van der Waals surface area contributed by atoms with Crippen LogP contribution in [-0.4, -0.2) is 23.4 Å². The molecule has 0 unspecified atom stereocenters. The molecule has 0 saturated heterocycles. The van der Waals surface area contributed by atoms with Gasteiger partial charge in [-0.25, -0.2) is 8.78 Å². The van der Waals surface area contributed by atoms with Gasteiger partial charge in [-0.3, -0.25) is 9.69 Å². The van der Waals surface area contributed by atoms with E-state index in [1.54, 1.807) is 12.1 Å². The molecule has 2 aromatic carbocycles. The van der Waals surface area contributed by atoms with Crippen molar-refractivity contribution in [3.05, 3.63) is 70.8 Å². The number of benzene rings is 2. The second kappa shape index (κ2) is 8.72. The summed E-state index contributed by atoms with van der Waals surface area (Å²) in [5.74, 6) is -1.58. The Morgan fingerprint density at radius 1 is 1.04 bits per heavy atom. The van der Waals surface area contributed by atoms with Gasteiger partial charge in [-0.1, -0.05) is 19.1 Å². The van der Waals surface area contributed by atoms with E-state index >= 15 is 0 Å². The molecule has 5 heteroatoms. The largest absolute Gasteiger partial charge is 0.348 e. The van der Waals surface area contributed by atoms with E-state index in [9.17, 15) is 13.6 Å². The predicted octanol–water partition coefficient (Wildman–Crippen LogP) is 4.13. The van der Waals surface area contributed by atoms with Gasteiger partial charge < -0.3 is 5.32 Å². The van der Waals surface area contributed by atoms with Gasteiger partial charge in [0.25, 0.3) is 5.91 Å². The van der Waals surface area contributed by atoms with Crippen molar-refractivity contribution in [2.45, 2.75) is 39.9 Å². The Hall–Kier alpha value is -2.27. The monoisotopic (exact) mass is 346 g/mol. The van der Waals surface area contributed by atoms with E-state index in [-0.39, 0.29) is 12.5 Å². The van der Waals surface area contributed by atoms with Crippen LogP contribution in [0, 0.1) is 11.6 Å². The van der Waals surface area contributed by atoms with Crippen molar-refractivity contribution in [1.29, 1.82) is 0 Å². The number of carbonyl (C=O) groups excluding carboxylic acids is 1. The molecule has 0 radical (unpaired) electrons. The zero-order valence-electron chi connectivity index (χ0n) is 14.9. The second-order valence-electron chi connectivity index (χ2n) is 6.31. The molecule has 0 saturated carbocycles. The topological polar surface area (TPSA) is 32.3 Å². The van der Waals surface area contributed by atoms with Gasteiger partial charge in [0.05, 0.1) is 0 Å². The number of amides is 1. The Morgan fingerprint density at radius 3 is 2.16 bits per heavy atom. The number of nitrogens with zero attached hydrogens (tertiary/aromatic N) is 1. The molecule has 1 N–H and O–H groups in total. The van der Waals surface area contributed by atoms with Crippen LogP contribution in [-0.2, 0) is 13.1 Å². The zero-order valence-corrected chi connectivity index (χ0v) is 14.9. The predicted molar refractivity (Wildman–Crippen MR) is 95.2 cm³/mol. The Kier molecular flexibility index (Phi) is 6.65. The molecule has 0 fully saturated rings. The Morgan fingerprint density at radius 2 is 1.64 bits per heavy atom. The Labute approximate surface area is 147 Å². The highest BCUT2D eigenvalue weighted by Gasteiger charge is 2.10.